The maximum atomic E-state index is 13.7. The van der Waals surface area contributed by atoms with Gasteiger partial charge in [0.25, 0.3) is 0 Å². The van der Waals surface area contributed by atoms with E-state index in [-0.39, 0.29) is 5.91 Å². The molecule has 0 aromatic heterocycles. The average molecular weight is 459 g/mol. The van der Waals surface area contributed by atoms with Gasteiger partial charge in [-0.25, -0.2) is 13.2 Å². The highest BCUT2D eigenvalue weighted by atomic mass is 19.2. The SMILES string of the molecule is CC(C(=O)NCC(=O)Nc1ccc(F)c(F)c1F)N1CCCN(c2ccc(C#N)cc2)CC1. The second-order valence-electron chi connectivity index (χ2n) is 7.70. The lowest BCUT2D eigenvalue weighted by atomic mass is 10.2. The molecule has 2 N–H and O–H groups in total. The van der Waals surface area contributed by atoms with Gasteiger partial charge in [-0.3, -0.25) is 14.5 Å². The molecule has 1 fully saturated rings. The van der Waals surface area contributed by atoms with Crippen LogP contribution in [0, 0.1) is 28.8 Å². The van der Waals surface area contributed by atoms with Gasteiger partial charge >= 0.3 is 0 Å². The molecule has 1 heterocycles. The second-order valence-corrected chi connectivity index (χ2v) is 7.70. The van der Waals surface area contributed by atoms with Crippen molar-refractivity contribution in [2.45, 2.75) is 19.4 Å². The minimum atomic E-state index is -1.68. The van der Waals surface area contributed by atoms with Crippen LogP contribution in [0.3, 0.4) is 0 Å². The number of rotatable bonds is 6. The third kappa shape index (κ3) is 6.02. The molecule has 1 aliphatic heterocycles. The number of halogens is 3. The van der Waals surface area contributed by atoms with E-state index >= 15 is 0 Å². The summed E-state index contributed by atoms with van der Waals surface area (Å²) < 4.78 is 40.0. The predicted octanol–water partition coefficient (Wildman–Crippen LogP) is 2.63. The number of nitriles is 1. The summed E-state index contributed by atoms with van der Waals surface area (Å²) in [5, 5.41) is 13.6. The van der Waals surface area contributed by atoms with E-state index in [9.17, 15) is 22.8 Å². The fourth-order valence-corrected chi connectivity index (χ4v) is 3.63. The van der Waals surface area contributed by atoms with Crippen molar-refractivity contribution in [2.75, 3.05) is 42.9 Å². The fourth-order valence-electron chi connectivity index (χ4n) is 3.63. The van der Waals surface area contributed by atoms with Crippen LogP contribution in [0.2, 0.25) is 0 Å². The number of nitrogens with zero attached hydrogens (tertiary/aromatic N) is 3. The number of hydrogen-bond acceptors (Lipinski definition) is 5. The van der Waals surface area contributed by atoms with Crippen molar-refractivity contribution < 1.29 is 22.8 Å². The molecule has 174 valence electrons. The number of hydrogen-bond donors (Lipinski definition) is 2. The molecule has 33 heavy (non-hydrogen) atoms. The number of carbonyl (C=O) groups excluding carboxylic acids is 2. The Morgan fingerprint density at radius 1 is 1.03 bits per heavy atom. The molecular weight excluding hydrogens is 435 g/mol. The summed E-state index contributed by atoms with van der Waals surface area (Å²) in [7, 11) is 0. The third-order valence-corrected chi connectivity index (χ3v) is 5.55. The first-order valence-corrected chi connectivity index (χ1v) is 10.5. The Labute approximate surface area is 189 Å². The van der Waals surface area contributed by atoms with E-state index in [0.717, 1.165) is 24.7 Å². The quantitative estimate of drug-likeness (QED) is 0.649. The van der Waals surface area contributed by atoms with Gasteiger partial charge in [-0.1, -0.05) is 0 Å². The van der Waals surface area contributed by atoms with Crippen LogP contribution in [-0.2, 0) is 9.59 Å². The van der Waals surface area contributed by atoms with E-state index in [1.165, 1.54) is 0 Å². The normalized spacial score (nSPS) is 15.3. The summed E-state index contributed by atoms with van der Waals surface area (Å²) in [6, 6.07) is 10.5. The van der Waals surface area contributed by atoms with E-state index in [0.29, 0.717) is 31.3 Å². The molecule has 0 saturated carbocycles. The molecule has 2 aromatic rings. The monoisotopic (exact) mass is 459 g/mol. The number of nitrogens with one attached hydrogen (secondary N) is 2. The number of amides is 2. The van der Waals surface area contributed by atoms with Gasteiger partial charge in [0.1, 0.15) is 0 Å². The van der Waals surface area contributed by atoms with E-state index < -0.39 is 41.6 Å². The van der Waals surface area contributed by atoms with Gasteiger partial charge in [0.2, 0.25) is 11.8 Å². The van der Waals surface area contributed by atoms with Crippen LogP contribution in [-0.4, -0.2) is 55.5 Å². The zero-order chi connectivity index (χ0) is 24.0. The molecule has 2 amide bonds. The lowest BCUT2D eigenvalue weighted by Crippen LogP contribution is -2.48. The molecule has 1 saturated heterocycles. The fraction of sp³-hybridized carbons (Fsp3) is 0.348. The van der Waals surface area contributed by atoms with Crippen LogP contribution < -0.4 is 15.5 Å². The van der Waals surface area contributed by atoms with E-state index in [4.69, 9.17) is 5.26 Å². The highest BCUT2D eigenvalue weighted by Gasteiger charge is 2.24. The predicted molar refractivity (Wildman–Crippen MR) is 117 cm³/mol. The summed E-state index contributed by atoms with van der Waals surface area (Å²) in [6.07, 6.45) is 0.827. The molecule has 0 radical (unpaired) electrons. The minimum Gasteiger partial charge on any atom is -0.370 e. The van der Waals surface area contributed by atoms with Gasteiger partial charge in [-0.2, -0.15) is 5.26 Å². The first kappa shape index (κ1) is 24.1. The Balaban J connectivity index is 1.49. The van der Waals surface area contributed by atoms with Crippen molar-refractivity contribution in [2.24, 2.45) is 0 Å². The van der Waals surface area contributed by atoms with Crippen molar-refractivity contribution in [3.63, 3.8) is 0 Å². The van der Waals surface area contributed by atoms with Crippen molar-refractivity contribution in [1.29, 1.82) is 5.26 Å². The van der Waals surface area contributed by atoms with Gasteiger partial charge in [-0.15, -0.1) is 0 Å². The Kier molecular flexibility index (Phi) is 7.90. The molecule has 1 aliphatic rings. The third-order valence-electron chi connectivity index (χ3n) is 5.55. The number of anilines is 2. The van der Waals surface area contributed by atoms with E-state index in [2.05, 4.69) is 21.6 Å². The molecule has 10 heteroatoms. The second kappa shape index (κ2) is 10.8. The first-order valence-electron chi connectivity index (χ1n) is 10.5. The molecule has 2 aromatic carbocycles. The van der Waals surface area contributed by atoms with Crippen molar-refractivity contribution in [3.8, 4) is 6.07 Å². The van der Waals surface area contributed by atoms with Crippen LogP contribution in [0.1, 0.15) is 18.9 Å². The van der Waals surface area contributed by atoms with Crippen molar-refractivity contribution in [3.05, 3.63) is 59.4 Å². The molecule has 0 bridgehead atoms. The highest BCUT2D eigenvalue weighted by molar-refractivity contribution is 5.95. The summed E-state index contributed by atoms with van der Waals surface area (Å²) >= 11 is 0. The maximum Gasteiger partial charge on any atom is 0.243 e. The maximum absolute atomic E-state index is 13.7. The molecular formula is C23H24F3N5O2. The molecule has 0 spiro atoms. The van der Waals surface area contributed by atoms with Gasteiger partial charge in [0.05, 0.1) is 29.9 Å². The molecule has 1 atom stereocenters. The van der Waals surface area contributed by atoms with Gasteiger partial charge in [-0.05, 0) is 49.7 Å². The standard InChI is InChI=1S/C23H24F3N5O2/c1-15(23(33)28-14-20(32)29-19-8-7-18(24)21(25)22(19)26)30-9-2-10-31(12-11-30)17-5-3-16(13-27)4-6-17/h3-8,15H,2,9-12,14H2,1H3,(H,28,33)(H,29,32). The lowest BCUT2D eigenvalue weighted by molar-refractivity contribution is -0.127. The Morgan fingerprint density at radius 2 is 1.76 bits per heavy atom. The smallest absolute Gasteiger partial charge is 0.243 e. The number of carbonyl (C=O) groups is 2. The van der Waals surface area contributed by atoms with Crippen molar-refractivity contribution >= 4 is 23.2 Å². The summed E-state index contributed by atoms with van der Waals surface area (Å²) in [6.45, 7) is 4.11. The summed E-state index contributed by atoms with van der Waals surface area (Å²) in [5.74, 6) is -5.67. The van der Waals surface area contributed by atoms with Crippen LogP contribution in [0.15, 0.2) is 36.4 Å². The Bertz CT molecular complexity index is 1060. The van der Waals surface area contributed by atoms with Gasteiger partial charge in [0, 0.05) is 31.9 Å². The average Bonchev–Trinajstić information content (AvgIpc) is 3.09. The van der Waals surface area contributed by atoms with Gasteiger partial charge in [0.15, 0.2) is 17.5 Å². The number of benzene rings is 2. The molecule has 7 nitrogen and oxygen atoms in total. The topological polar surface area (TPSA) is 88.5 Å². The van der Waals surface area contributed by atoms with Crippen LogP contribution >= 0.6 is 0 Å². The van der Waals surface area contributed by atoms with E-state index in [1.54, 1.807) is 19.1 Å². The van der Waals surface area contributed by atoms with Crippen molar-refractivity contribution in [1.82, 2.24) is 10.2 Å². The zero-order valence-electron chi connectivity index (χ0n) is 18.1. The Morgan fingerprint density at radius 3 is 2.45 bits per heavy atom. The Hall–Kier alpha value is -3.58. The molecule has 1 unspecified atom stereocenters. The summed E-state index contributed by atoms with van der Waals surface area (Å²) in [4.78, 5) is 28.8. The van der Waals surface area contributed by atoms with Gasteiger partial charge < -0.3 is 15.5 Å². The molecule has 3 rings (SSSR count). The van der Waals surface area contributed by atoms with Crippen LogP contribution in [0.25, 0.3) is 0 Å². The highest BCUT2D eigenvalue weighted by Crippen LogP contribution is 2.20. The van der Waals surface area contributed by atoms with Crippen LogP contribution in [0.5, 0.6) is 0 Å². The minimum absolute atomic E-state index is 0.372. The first-order chi connectivity index (χ1) is 15.8. The molecule has 0 aliphatic carbocycles. The zero-order valence-corrected chi connectivity index (χ0v) is 18.1. The summed E-state index contributed by atoms with van der Waals surface area (Å²) in [5.41, 5.74) is 1.10. The largest absolute Gasteiger partial charge is 0.370 e. The van der Waals surface area contributed by atoms with E-state index in [1.807, 2.05) is 17.0 Å². The van der Waals surface area contributed by atoms with Crippen LogP contribution in [0.4, 0.5) is 24.5 Å². The lowest BCUT2D eigenvalue weighted by Gasteiger charge is -2.27.